The Bertz CT molecular complexity index is 401. The molecule has 0 aliphatic heterocycles. The molecule has 90 valence electrons. The van der Waals surface area contributed by atoms with Gasteiger partial charge in [-0.3, -0.25) is 8.42 Å². The first kappa shape index (κ1) is 16.8. The zero-order valence-corrected chi connectivity index (χ0v) is 11.8. The van der Waals surface area contributed by atoms with Gasteiger partial charge in [0.05, 0.1) is 9.84 Å². The van der Waals surface area contributed by atoms with E-state index in [0.29, 0.717) is 16.6 Å². The van der Waals surface area contributed by atoms with Crippen LogP contribution >= 0.6 is 0 Å². The van der Waals surface area contributed by atoms with Gasteiger partial charge in [-0.1, -0.05) is 44.4 Å². The number of rotatable bonds is 6. The molecule has 0 heterocycles. The minimum Gasteiger partial charge on any atom is -0.257 e. The summed E-state index contributed by atoms with van der Waals surface area (Å²) in [6.07, 6.45) is 3.82. The van der Waals surface area contributed by atoms with Crippen molar-refractivity contribution < 1.29 is 27.3 Å². The summed E-state index contributed by atoms with van der Waals surface area (Å²) in [6.45, 7) is 3.83. The van der Waals surface area contributed by atoms with E-state index in [4.69, 9.17) is 0 Å². The van der Waals surface area contributed by atoms with Crippen LogP contribution in [0.25, 0.3) is 0 Å². The number of sulfone groups is 1. The molecule has 0 bridgehead atoms. The molecular formula is C13H19LiO2S. The molecule has 2 nitrogen and oxygen atoms in total. The van der Waals surface area contributed by atoms with Gasteiger partial charge in [-0.25, -0.2) is 0 Å². The number of hydrogen-bond acceptors (Lipinski definition) is 2. The summed E-state index contributed by atoms with van der Waals surface area (Å²) in [6, 6.07) is 8.64. The predicted molar refractivity (Wildman–Crippen MR) is 66.7 cm³/mol. The monoisotopic (exact) mass is 246 g/mol. The third kappa shape index (κ3) is 4.87. The zero-order valence-electron chi connectivity index (χ0n) is 10.9. The summed E-state index contributed by atoms with van der Waals surface area (Å²) in [5, 5.41) is 0.576. The number of hydrogen-bond donors (Lipinski definition) is 0. The van der Waals surface area contributed by atoms with Crippen molar-refractivity contribution in [1.82, 2.24) is 0 Å². The Kier molecular flexibility index (Phi) is 7.86. The summed E-state index contributed by atoms with van der Waals surface area (Å²) in [5.74, 6) is 0. The molecule has 0 N–H and O–H groups in total. The van der Waals surface area contributed by atoms with Crippen molar-refractivity contribution in [3.8, 4) is 0 Å². The number of benzene rings is 1. The van der Waals surface area contributed by atoms with Crippen LogP contribution in [-0.2, 0) is 9.84 Å². The summed E-state index contributed by atoms with van der Waals surface area (Å²) in [5.41, 5.74) is 0. The van der Waals surface area contributed by atoms with Crippen LogP contribution in [0, 0.1) is 5.25 Å². The molecule has 4 heteroatoms. The van der Waals surface area contributed by atoms with E-state index in [2.05, 4.69) is 6.92 Å². The van der Waals surface area contributed by atoms with Crippen LogP contribution in [0.4, 0.5) is 0 Å². The molecule has 0 saturated heterocycles. The van der Waals surface area contributed by atoms with Gasteiger partial charge >= 0.3 is 18.9 Å². The van der Waals surface area contributed by atoms with Gasteiger partial charge in [0.1, 0.15) is 0 Å². The van der Waals surface area contributed by atoms with E-state index < -0.39 is 9.84 Å². The van der Waals surface area contributed by atoms with E-state index in [1.165, 1.54) is 0 Å². The average Bonchev–Trinajstić information content (AvgIpc) is 2.30. The number of unbranched alkanes of at least 4 members (excludes halogenated alkanes) is 2. The maximum atomic E-state index is 12.1. The molecule has 0 aromatic heterocycles. The first-order valence-corrected chi connectivity index (χ1v) is 7.20. The fraction of sp³-hybridized carbons (Fsp3) is 0.462. The van der Waals surface area contributed by atoms with Crippen molar-refractivity contribution in [1.29, 1.82) is 0 Å². The van der Waals surface area contributed by atoms with E-state index in [9.17, 15) is 8.42 Å². The Morgan fingerprint density at radius 3 is 2.24 bits per heavy atom. The van der Waals surface area contributed by atoms with Crippen LogP contribution < -0.4 is 18.9 Å². The van der Waals surface area contributed by atoms with Crippen molar-refractivity contribution in [3.05, 3.63) is 35.6 Å². The molecule has 0 radical (unpaired) electrons. The van der Waals surface area contributed by atoms with Gasteiger partial charge in [0.15, 0.2) is 0 Å². The van der Waals surface area contributed by atoms with Crippen LogP contribution in [0.3, 0.4) is 0 Å². The Balaban J connectivity index is 0.00000256. The summed E-state index contributed by atoms with van der Waals surface area (Å²) in [4.78, 5) is 0.406. The Hall–Kier alpha value is -0.233. The first-order valence-electron chi connectivity index (χ1n) is 5.71. The SMILES string of the molecule is CCCCC[C-](C)S(=O)(=O)c1ccccc1.[Li+]. The Labute approximate surface area is 117 Å². The smallest absolute Gasteiger partial charge is 0.257 e. The van der Waals surface area contributed by atoms with Crippen molar-refractivity contribution in [3.63, 3.8) is 0 Å². The van der Waals surface area contributed by atoms with Crippen molar-refractivity contribution in [2.75, 3.05) is 0 Å². The molecular weight excluding hydrogens is 227 g/mol. The molecule has 1 aromatic carbocycles. The fourth-order valence-corrected chi connectivity index (χ4v) is 2.89. The van der Waals surface area contributed by atoms with E-state index in [1.54, 1.807) is 31.2 Å². The third-order valence-electron chi connectivity index (χ3n) is 2.64. The van der Waals surface area contributed by atoms with Gasteiger partial charge < -0.3 is 0 Å². The van der Waals surface area contributed by atoms with E-state index in [1.807, 2.05) is 6.07 Å². The molecule has 1 aromatic rings. The van der Waals surface area contributed by atoms with E-state index in [0.717, 1.165) is 19.3 Å². The minimum absolute atomic E-state index is 0. The van der Waals surface area contributed by atoms with Crippen molar-refractivity contribution in [2.24, 2.45) is 0 Å². The zero-order chi connectivity index (χ0) is 12.0. The van der Waals surface area contributed by atoms with Gasteiger partial charge in [0, 0.05) is 4.90 Å². The maximum Gasteiger partial charge on any atom is 1.00 e. The van der Waals surface area contributed by atoms with E-state index in [-0.39, 0.29) is 18.9 Å². The molecule has 1 rings (SSSR count). The van der Waals surface area contributed by atoms with E-state index >= 15 is 0 Å². The van der Waals surface area contributed by atoms with Crippen molar-refractivity contribution in [2.45, 2.75) is 44.4 Å². The standard InChI is InChI=1S/C13H19O2S.Li/c1-3-4-6-9-12(2)16(14,15)13-10-7-5-8-11-13;/h5,7-8,10-11H,3-4,6,9H2,1-2H3;/q-1;+1. The summed E-state index contributed by atoms with van der Waals surface area (Å²) in [7, 11) is -3.20. The molecule has 0 saturated carbocycles. The third-order valence-corrected chi connectivity index (χ3v) is 4.66. The molecule has 0 aliphatic rings. The van der Waals surface area contributed by atoms with Gasteiger partial charge in [0.2, 0.25) is 0 Å². The van der Waals surface area contributed by atoms with Crippen molar-refractivity contribution >= 4 is 9.84 Å². The second kappa shape index (κ2) is 7.97. The normalized spacial score (nSPS) is 11.2. The molecule has 0 amide bonds. The van der Waals surface area contributed by atoms with Crippen LogP contribution in [-0.4, -0.2) is 8.42 Å². The van der Waals surface area contributed by atoms with Crippen LogP contribution in [0.15, 0.2) is 35.2 Å². The largest absolute Gasteiger partial charge is 1.00 e. The van der Waals surface area contributed by atoms with Crippen LogP contribution in [0.5, 0.6) is 0 Å². The molecule has 0 fully saturated rings. The fourth-order valence-electron chi connectivity index (χ4n) is 1.56. The van der Waals surface area contributed by atoms with Gasteiger partial charge in [-0.2, -0.15) is 18.6 Å². The van der Waals surface area contributed by atoms with Gasteiger partial charge in [0.25, 0.3) is 0 Å². The quantitative estimate of drug-likeness (QED) is 0.418. The second-order valence-electron chi connectivity index (χ2n) is 3.98. The predicted octanol–water partition coefficient (Wildman–Crippen LogP) is 0.596. The second-order valence-corrected chi connectivity index (χ2v) is 6.15. The average molecular weight is 246 g/mol. The molecule has 0 atom stereocenters. The minimum atomic E-state index is -3.20. The van der Waals surface area contributed by atoms with Gasteiger partial charge in [-0.05, 0) is 12.1 Å². The Morgan fingerprint density at radius 1 is 1.12 bits per heavy atom. The topological polar surface area (TPSA) is 34.1 Å². The summed E-state index contributed by atoms with van der Waals surface area (Å²) >= 11 is 0. The maximum absolute atomic E-state index is 12.1. The van der Waals surface area contributed by atoms with Crippen LogP contribution in [0.1, 0.15) is 39.5 Å². The molecule has 0 spiro atoms. The summed E-state index contributed by atoms with van der Waals surface area (Å²) < 4.78 is 24.2. The molecule has 0 aliphatic carbocycles. The van der Waals surface area contributed by atoms with Gasteiger partial charge in [-0.15, -0.1) is 0 Å². The first-order chi connectivity index (χ1) is 7.59. The molecule has 0 unspecified atom stereocenters. The molecule has 17 heavy (non-hydrogen) atoms. The van der Waals surface area contributed by atoms with Crippen LogP contribution in [0.2, 0.25) is 0 Å². The Morgan fingerprint density at radius 2 is 1.71 bits per heavy atom.